The first-order valence-corrected chi connectivity index (χ1v) is 10.8. The summed E-state index contributed by atoms with van der Waals surface area (Å²) in [5, 5.41) is 7.86. The molecule has 0 saturated carbocycles. The Labute approximate surface area is 191 Å². The highest BCUT2D eigenvalue weighted by Gasteiger charge is 2.21. The number of aromatic nitrogens is 3. The number of fused-ring (bicyclic) bond motifs is 1. The third kappa shape index (κ3) is 5.16. The van der Waals surface area contributed by atoms with E-state index in [2.05, 4.69) is 15.4 Å². The number of halogens is 2. The second-order valence-corrected chi connectivity index (χ2v) is 7.68. The first kappa shape index (κ1) is 23.5. The highest BCUT2D eigenvalue weighted by atomic mass is 35.5. The number of allylic oxidation sites excluding steroid dienone is 3. The van der Waals surface area contributed by atoms with Gasteiger partial charge in [-0.2, -0.15) is 5.10 Å². The number of carbonyl (C=O) groups is 1. The summed E-state index contributed by atoms with van der Waals surface area (Å²) in [6.45, 7) is 6.96. The van der Waals surface area contributed by atoms with E-state index in [-0.39, 0.29) is 5.91 Å². The number of carbonyl (C=O) groups excluding carboxylic acids is 1. The van der Waals surface area contributed by atoms with Gasteiger partial charge in [0, 0.05) is 35.6 Å². The average molecular weight is 457 g/mol. The molecule has 1 aromatic carbocycles. The minimum absolute atomic E-state index is 0.332. The molecule has 0 bridgehead atoms. The van der Waals surface area contributed by atoms with Crippen LogP contribution in [-0.4, -0.2) is 26.9 Å². The summed E-state index contributed by atoms with van der Waals surface area (Å²) >= 11 is 6.26. The maximum Gasteiger partial charge on any atom is 0.261 e. The number of hydrogen-bond donors (Lipinski definition) is 1. The molecular formula is C24H26ClFN4O2. The van der Waals surface area contributed by atoms with Crippen LogP contribution in [0.25, 0.3) is 11.2 Å². The molecule has 8 heteroatoms. The fourth-order valence-corrected chi connectivity index (χ4v) is 3.68. The lowest BCUT2D eigenvalue weighted by Gasteiger charge is -2.18. The molecule has 3 aromatic rings. The maximum absolute atomic E-state index is 13.7. The van der Waals surface area contributed by atoms with E-state index in [1.165, 1.54) is 6.92 Å². The molecule has 0 saturated heterocycles. The Morgan fingerprint density at radius 3 is 2.88 bits per heavy atom. The Morgan fingerprint density at radius 1 is 1.41 bits per heavy atom. The molecule has 1 amide bonds. The van der Waals surface area contributed by atoms with Crippen molar-refractivity contribution in [1.82, 2.24) is 19.9 Å². The van der Waals surface area contributed by atoms with Gasteiger partial charge in [-0.05, 0) is 56.2 Å². The number of nitrogens with zero attached hydrogens (tertiary/aromatic N) is 3. The second kappa shape index (κ2) is 10.4. The highest BCUT2D eigenvalue weighted by Crippen LogP contribution is 2.34. The Kier molecular flexibility index (Phi) is 7.64. The molecule has 6 nitrogen and oxygen atoms in total. The molecule has 3 rings (SSSR count). The number of aryl methyl sites for hydroxylation is 1. The summed E-state index contributed by atoms with van der Waals surface area (Å²) < 4.78 is 20.6. The molecule has 2 aromatic heterocycles. The first-order valence-electron chi connectivity index (χ1n) is 10.4. The van der Waals surface area contributed by atoms with Crippen molar-refractivity contribution in [3.8, 4) is 5.75 Å². The number of alkyl halides is 1. The maximum atomic E-state index is 13.7. The molecule has 0 aliphatic heterocycles. The van der Waals surface area contributed by atoms with Crippen LogP contribution in [0.1, 0.15) is 55.2 Å². The van der Waals surface area contributed by atoms with Crippen molar-refractivity contribution in [2.45, 2.75) is 46.9 Å². The van der Waals surface area contributed by atoms with Crippen molar-refractivity contribution in [1.29, 1.82) is 0 Å². The fourth-order valence-electron chi connectivity index (χ4n) is 3.51. The van der Waals surface area contributed by atoms with Gasteiger partial charge in [0.2, 0.25) is 6.36 Å². The SMILES string of the molecule is CC=C/C(NC(=O)c1c(C)nn2cccnc12)=C(\CCC)c1cc(Cl)ccc1OC(C)F. The minimum atomic E-state index is -1.50. The summed E-state index contributed by atoms with van der Waals surface area (Å²) in [7, 11) is 0. The zero-order chi connectivity index (χ0) is 23.3. The topological polar surface area (TPSA) is 68.5 Å². The summed E-state index contributed by atoms with van der Waals surface area (Å²) in [6, 6.07) is 6.76. The smallest absolute Gasteiger partial charge is 0.261 e. The van der Waals surface area contributed by atoms with Crippen LogP contribution in [0.4, 0.5) is 4.39 Å². The molecule has 0 aliphatic carbocycles. The summed E-state index contributed by atoms with van der Waals surface area (Å²) in [5.41, 5.74) is 3.43. The molecule has 1 N–H and O–H groups in total. The van der Waals surface area contributed by atoms with Crippen molar-refractivity contribution >= 4 is 28.7 Å². The van der Waals surface area contributed by atoms with Gasteiger partial charge in [0.15, 0.2) is 5.65 Å². The Morgan fingerprint density at radius 2 is 2.19 bits per heavy atom. The van der Waals surface area contributed by atoms with E-state index in [1.54, 1.807) is 54.2 Å². The molecule has 32 heavy (non-hydrogen) atoms. The predicted octanol–water partition coefficient (Wildman–Crippen LogP) is 5.90. The Balaban J connectivity index is 2.13. The van der Waals surface area contributed by atoms with Crippen LogP contribution < -0.4 is 10.1 Å². The number of nitrogens with one attached hydrogen (secondary N) is 1. The molecule has 0 aliphatic rings. The van der Waals surface area contributed by atoms with Gasteiger partial charge < -0.3 is 10.1 Å². The number of benzene rings is 1. The van der Waals surface area contributed by atoms with Gasteiger partial charge in [-0.25, -0.2) is 13.9 Å². The number of amides is 1. The normalized spacial score (nSPS) is 13.3. The molecular weight excluding hydrogens is 431 g/mol. The van der Waals surface area contributed by atoms with Gasteiger partial charge in [-0.1, -0.05) is 31.0 Å². The van der Waals surface area contributed by atoms with Crippen molar-refractivity contribution in [3.63, 3.8) is 0 Å². The molecule has 1 unspecified atom stereocenters. The van der Waals surface area contributed by atoms with Gasteiger partial charge >= 0.3 is 0 Å². The monoisotopic (exact) mass is 456 g/mol. The first-order chi connectivity index (χ1) is 15.3. The van der Waals surface area contributed by atoms with Crippen molar-refractivity contribution in [3.05, 3.63) is 76.4 Å². The van der Waals surface area contributed by atoms with Crippen LogP contribution in [-0.2, 0) is 0 Å². The van der Waals surface area contributed by atoms with Crippen molar-refractivity contribution < 1.29 is 13.9 Å². The van der Waals surface area contributed by atoms with Crippen LogP contribution in [0.5, 0.6) is 5.75 Å². The van der Waals surface area contributed by atoms with Crippen molar-refractivity contribution in [2.75, 3.05) is 0 Å². The Hall–Kier alpha value is -3.19. The lowest BCUT2D eigenvalue weighted by Crippen LogP contribution is -2.24. The van der Waals surface area contributed by atoms with Gasteiger partial charge in [-0.3, -0.25) is 4.79 Å². The van der Waals surface area contributed by atoms with Crippen LogP contribution in [0.3, 0.4) is 0 Å². The summed E-state index contributed by atoms with van der Waals surface area (Å²) in [5.74, 6) is 0.0270. The predicted molar refractivity (Wildman–Crippen MR) is 124 cm³/mol. The minimum Gasteiger partial charge on any atom is -0.460 e. The van der Waals surface area contributed by atoms with Crippen LogP contribution >= 0.6 is 11.6 Å². The van der Waals surface area contributed by atoms with Crippen LogP contribution in [0, 0.1) is 6.92 Å². The molecule has 0 fully saturated rings. The number of ether oxygens (including phenoxy) is 1. The third-order valence-electron chi connectivity index (χ3n) is 4.76. The molecule has 0 spiro atoms. The molecule has 1 atom stereocenters. The lowest BCUT2D eigenvalue weighted by molar-refractivity contribution is 0.0856. The van der Waals surface area contributed by atoms with Crippen LogP contribution in [0.2, 0.25) is 5.02 Å². The van der Waals surface area contributed by atoms with E-state index in [4.69, 9.17) is 16.3 Å². The number of hydrogen-bond acceptors (Lipinski definition) is 4. The van der Waals surface area contributed by atoms with E-state index in [9.17, 15) is 9.18 Å². The molecule has 168 valence electrons. The largest absolute Gasteiger partial charge is 0.460 e. The quantitative estimate of drug-likeness (QED) is 0.428. The van der Waals surface area contributed by atoms with Crippen LogP contribution in [0.15, 0.2) is 54.5 Å². The van der Waals surface area contributed by atoms with E-state index in [1.807, 2.05) is 19.9 Å². The third-order valence-corrected chi connectivity index (χ3v) is 5.00. The van der Waals surface area contributed by atoms with E-state index in [0.29, 0.717) is 45.4 Å². The fraction of sp³-hybridized carbons (Fsp3) is 0.292. The zero-order valence-electron chi connectivity index (χ0n) is 18.5. The molecule has 2 heterocycles. The average Bonchev–Trinajstić information content (AvgIpc) is 3.08. The van der Waals surface area contributed by atoms with Crippen molar-refractivity contribution in [2.24, 2.45) is 0 Å². The van der Waals surface area contributed by atoms with E-state index >= 15 is 0 Å². The Bertz CT molecular complexity index is 1180. The van der Waals surface area contributed by atoms with Gasteiger partial charge in [0.25, 0.3) is 5.91 Å². The summed E-state index contributed by atoms with van der Waals surface area (Å²) in [6.07, 6.45) is 6.90. The standard InChI is InChI=1S/C24H26ClFN4O2/c1-5-8-18(19-14-17(25)10-11-21(19)32-16(4)26)20(9-6-2)28-24(31)22-15(3)29-30-13-7-12-27-23(22)30/h6-7,9-14,16H,5,8H2,1-4H3,(H,28,31)/b9-6?,20-18-. The van der Waals surface area contributed by atoms with Gasteiger partial charge in [0.1, 0.15) is 11.3 Å². The summed E-state index contributed by atoms with van der Waals surface area (Å²) in [4.78, 5) is 17.6. The molecule has 0 radical (unpaired) electrons. The van der Waals surface area contributed by atoms with Gasteiger partial charge in [0.05, 0.1) is 5.69 Å². The highest BCUT2D eigenvalue weighted by molar-refractivity contribution is 6.30. The van der Waals surface area contributed by atoms with Gasteiger partial charge in [-0.15, -0.1) is 0 Å². The number of rotatable bonds is 8. The second-order valence-electron chi connectivity index (χ2n) is 7.25. The lowest BCUT2D eigenvalue weighted by atomic mass is 9.97. The van der Waals surface area contributed by atoms with E-state index < -0.39 is 6.36 Å². The zero-order valence-corrected chi connectivity index (χ0v) is 19.3. The van der Waals surface area contributed by atoms with E-state index in [0.717, 1.165) is 12.0 Å².